The fourth-order valence-corrected chi connectivity index (χ4v) is 3.81. The molecule has 1 aromatic carbocycles. The molecule has 0 amide bonds. The lowest BCUT2D eigenvalue weighted by Gasteiger charge is -2.33. The quantitative estimate of drug-likeness (QED) is 0.399. The van der Waals surface area contributed by atoms with Gasteiger partial charge in [-0.2, -0.15) is 22.0 Å². The van der Waals surface area contributed by atoms with Crippen LogP contribution >= 0.6 is 0 Å². The maximum Gasteiger partial charge on any atom is 0.414 e. The summed E-state index contributed by atoms with van der Waals surface area (Å²) in [6.07, 6.45) is -5.71. The molecule has 0 heterocycles. The average Bonchev–Trinajstić information content (AvgIpc) is 2.65. The van der Waals surface area contributed by atoms with Gasteiger partial charge in [-0.15, -0.1) is 0 Å². The van der Waals surface area contributed by atoms with Crippen LogP contribution in [0.1, 0.15) is 57.4 Å². The average molecular weight is 426 g/mol. The second kappa shape index (κ2) is 10.0. The molecule has 1 fully saturated rings. The summed E-state index contributed by atoms with van der Waals surface area (Å²) < 4.78 is 90.6. The number of rotatable bonds is 9. The van der Waals surface area contributed by atoms with Gasteiger partial charge in [0.1, 0.15) is 11.6 Å². The second-order valence-corrected chi connectivity index (χ2v) is 7.75. The van der Waals surface area contributed by atoms with Crippen molar-refractivity contribution in [1.29, 1.82) is 0 Å². The van der Waals surface area contributed by atoms with Gasteiger partial charge >= 0.3 is 12.3 Å². The Kier molecular flexibility index (Phi) is 8.26. The van der Waals surface area contributed by atoms with Crippen molar-refractivity contribution in [3.63, 3.8) is 0 Å². The Bertz CT molecular complexity index is 639. The molecule has 29 heavy (non-hydrogen) atoms. The Morgan fingerprint density at radius 3 is 2.24 bits per heavy atom. The first-order chi connectivity index (χ1) is 13.6. The molecule has 1 aliphatic carbocycles. The van der Waals surface area contributed by atoms with Crippen molar-refractivity contribution in [2.45, 2.75) is 76.7 Å². The molecule has 2 nitrogen and oxygen atoms in total. The van der Waals surface area contributed by atoms with Crippen LogP contribution in [0, 0.1) is 17.7 Å². The molecule has 1 aromatic rings. The SMILES string of the molecule is CCCCC1CCC(C(F)(F)Oc2ccc(CC(OC)C(F)(F)F)c(F)c2)CC1. The van der Waals surface area contributed by atoms with Gasteiger partial charge in [0.05, 0.1) is 5.92 Å². The lowest BCUT2D eigenvalue weighted by atomic mass is 9.79. The normalized spacial score (nSPS) is 21.8. The summed E-state index contributed by atoms with van der Waals surface area (Å²) in [6.45, 7) is 2.09. The zero-order valence-corrected chi connectivity index (χ0v) is 16.7. The van der Waals surface area contributed by atoms with Crippen LogP contribution in [0.3, 0.4) is 0 Å². The molecule has 1 atom stereocenters. The summed E-state index contributed by atoms with van der Waals surface area (Å²) >= 11 is 0. The van der Waals surface area contributed by atoms with E-state index in [0.29, 0.717) is 37.7 Å². The summed E-state index contributed by atoms with van der Waals surface area (Å²) in [5, 5.41) is 0. The highest BCUT2D eigenvalue weighted by Crippen LogP contribution is 2.41. The zero-order valence-electron chi connectivity index (χ0n) is 16.7. The van der Waals surface area contributed by atoms with Crippen molar-refractivity contribution >= 4 is 0 Å². The van der Waals surface area contributed by atoms with E-state index in [1.54, 1.807) is 0 Å². The first-order valence-electron chi connectivity index (χ1n) is 10.0. The largest absolute Gasteiger partial charge is 0.432 e. The van der Waals surface area contributed by atoms with Crippen LogP contribution in [-0.4, -0.2) is 25.5 Å². The first kappa shape index (κ1) is 23.8. The lowest BCUT2D eigenvalue weighted by Crippen LogP contribution is -2.37. The minimum atomic E-state index is -4.65. The molecule has 166 valence electrons. The van der Waals surface area contributed by atoms with Gasteiger partial charge in [-0.05, 0) is 43.2 Å². The summed E-state index contributed by atoms with van der Waals surface area (Å²) in [7, 11) is 0.880. The van der Waals surface area contributed by atoms with Crippen LogP contribution in [0.15, 0.2) is 18.2 Å². The summed E-state index contributed by atoms with van der Waals surface area (Å²) in [4.78, 5) is 0. The Morgan fingerprint density at radius 1 is 1.07 bits per heavy atom. The van der Waals surface area contributed by atoms with E-state index in [1.165, 1.54) is 0 Å². The first-order valence-corrected chi connectivity index (χ1v) is 10.0. The Balaban J connectivity index is 1.98. The fourth-order valence-electron chi connectivity index (χ4n) is 3.81. The Labute approximate surface area is 167 Å². The van der Waals surface area contributed by atoms with Crippen LogP contribution in [0.25, 0.3) is 0 Å². The minimum absolute atomic E-state index is 0.277. The molecule has 1 saturated carbocycles. The molecule has 1 unspecified atom stereocenters. The van der Waals surface area contributed by atoms with Crippen LogP contribution in [-0.2, 0) is 11.2 Å². The van der Waals surface area contributed by atoms with E-state index in [0.717, 1.165) is 38.5 Å². The molecule has 2 rings (SSSR count). The third kappa shape index (κ3) is 6.79. The van der Waals surface area contributed by atoms with Gasteiger partial charge in [0.2, 0.25) is 0 Å². The van der Waals surface area contributed by atoms with Crippen molar-refractivity contribution < 1.29 is 35.8 Å². The third-order valence-corrected chi connectivity index (χ3v) is 5.62. The highest BCUT2D eigenvalue weighted by molar-refractivity contribution is 5.30. The number of halogens is 6. The maximum absolute atomic E-state index is 14.5. The van der Waals surface area contributed by atoms with E-state index >= 15 is 0 Å². The fraction of sp³-hybridized carbons (Fsp3) is 0.714. The number of hydrogen-bond acceptors (Lipinski definition) is 2. The second-order valence-electron chi connectivity index (χ2n) is 7.75. The number of methoxy groups -OCH3 is 1. The van der Waals surface area contributed by atoms with E-state index < -0.39 is 42.3 Å². The van der Waals surface area contributed by atoms with Gasteiger partial charge < -0.3 is 9.47 Å². The zero-order chi connectivity index (χ0) is 21.7. The van der Waals surface area contributed by atoms with Crippen molar-refractivity contribution in [2.75, 3.05) is 7.11 Å². The third-order valence-electron chi connectivity index (χ3n) is 5.62. The van der Waals surface area contributed by atoms with Gasteiger partial charge in [-0.1, -0.05) is 32.3 Å². The molecule has 0 aromatic heterocycles. The topological polar surface area (TPSA) is 18.5 Å². The maximum atomic E-state index is 14.5. The number of hydrogen-bond donors (Lipinski definition) is 0. The molecule has 0 saturated heterocycles. The highest BCUT2D eigenvalue weighted by Gasteiger charge is 2.44. The molecule has 1 aliphatic rings. The van der Waals surface area contributed by atoms with E-state index in [4.69, 9.17) is 4.74 Å². The molecular formula is C21H28F6O2. The minimum Gasteiger partial charge on any atom is -0.432 e. The predicted octanol–water partition coefficient (Wildman–Crippen LogP) is 6.91. The standard InChI is InChI=1S/C21H28F6O2/c1-3-4-5-14-6-9-16(10-7-14)21(26,27)29-17-11-8-15(18(22)13-17)12-19(28-2)20(23,24)25/h8,11,13-14,16,19H,3-7,9-10,12H2,1-2H3. The molecule has 8 heteroatoms. The molecular weight excluding hydrogens is 398 g/mol. The number of unbranched alkanes of at least 4 members (excludes halogenated alkanes) is 1. The van der Waals surface area contributed by atoms with Crippen molar-refractivity contribution in [3.8, 4) is 5.75 Å². The van der Waals surface area contributed by atoms with Gasteiger partial charge in [-0.25, -0.2) is 4.39 Å². The summed E-state index contributed by atoms with van der Waals surface area (Å²) in [5.41, 5.74) is -0.277. The van der Waals surface area contributed by atoms with Crippen molar-refractivity contribution in [2.24, 2.45) is 11.8 Å². The summed E-state index contributed by atoms with van der Waals surface area (Å²) in [5.74, 6) is -1.93. The molecule has 0 radical (unpaired) electrons. The number of alkyl halides is 5. The molecule has 0 spiro atoms. The van der Waals surface area contributed by atoms with E-state index in [-0.39, 0.29) is 5.56 Å². The lowest BCUT2D eigenvalue weighted by molar-refractivity contribution is -0.223. The van der Waals surface area contributed by atoms with E-state index in [9.17, 15) is 26.3 Å². The van der Waals surface area contributed by atoms with E-state index in [1.807, 2.05) is 0 Å². The summed E-state index contributed by atoms with van der Waals surface area (Å²) in [6, 6.07) is 2.81. The molecule has 0 N–H and O–H groups in total. The van der Waals surface area contributed by atoms with Crippen molar-refractivity contribution in [1.82, 2.24) is 0 Å². The van der Waals surface area contributed by atoms with E-state index in [2.05, 4.69) is 11.7 Å². The van der Waals surface area contributed by atoms with Crippen LogP contribution in [0.2, 0.25) is 0 Å². The van der Waals surface area contributed by atoms with Gasteiger partial charge in [0, 0.05) is 19.6 Å². The van der Waals surface area contributed by atoms with Gasteiger partial charge in [0.25, 0.3) is 0 Å². The molecule has 0 aliphatic heterocycles. The van der Waals surface area contributed by atoms with Crippen LogP contribution in [0.5, 0.6) is 5.75 Å². The number of ether oxygens (including phenoxy) is 2. The smallest absolute Gasteiger partial charge is 0.414 e. The number of benzene rings is 1. The van der Waals surface area contributed by atoms with Crippen LogP contribution < -0.4 is 4.74 Å². The monoisotopic (exact) mass is 426 g/mol. The van der Waals surface area contributed by atoms with Crippen molar-refractivity contribution in [3.05, 3.63) is 29.6 Å². The van der Waals surface area contributed by atoms with Gasteiger partial charge in [-0.3, -0.25) is 0 Å². The Hall–Kier alpha value is -1.44. The Morgan fingerprint density at radius 2 is 1.72 bits per heavy atom. The van der Waals surface area contributed by atoms with Crippen LogP contribution in [0.4, 0.5) is 26.3 Å². The predicted molar refractivity (Wildman–Crippen MR) is 97.5 cm³/mol. The highest BCUT2D eigenvalue weighted by atomic mass is 19.4. The van der Waals surface area contributed by atoms with Gasteiger partial charge in [0.15, 0.2) is 6.10 Å². The molecule has 0 bridgehead atoms.